The lowest BCUT2D eigenvalue weighted by atomic mass is 10.1. The van der Waals surface area contributed by atoms with Crippen LogP contribution in [0.5, 0.6) is 0 Å². The van der Waals surface area contributed by atoms with Crippen LogP contribution in [0.25, 0.3) is 5.69 Å². The molecule has 1 amide bonds. The Bertz CT molecular complexity index is 942. The van der Waals surface area contributed by atoms with Gasteiger partial charge < -0.3 is 4.90 Å². The van der Waals surface area contributed by atoms with Crippen molar-refractivity contribution >= 4 is 29.3 Å². The van der Waals surface area contributed by atoms with Gasteiger partial charge in [-0.15, -0.1) is 5.10 Å². The van der Waals surface area contributed by atoms with Crippen molar-refractivity contribution in [1.29, 1.82) is 0 Å². The molecule has 0 N–H and O–H groups in total. The second kappa shape index (κ2) is 8.54. The molecule has 0 fully saturated rings. The van der Waals surface area contributed by atoms with Crippen LogP contribution >= 0.6 is 23.4 Å². The van der Waals surface area contributed by atoms with Gasteiger partial charge in [-0.1, -0.05) is 41.6 Å². The monoisotopic (exact) mass is 401 g/mol. The maximum atomic E-state index is 12.5. The Morgan fingerprint density at radius 2 is 1.89 bits per heavy atom. The number of thioether (sulfide) groups is 1. The predicted molar refractivity (Wildman–Crippen MR) is 107 cm³/mol. The maximum Gasteiger partial charge on any atom is 0.233 e. The Kier molecular flexibility index (Phi) is 6.13. The molecule has 0 unspecified atom stereocenters. The second-order valence-corrected chi connectivity index (χ2v) is 7.69. The minimum absolute atomic E-state index is 0.00425. The number of rotatable bonds is 6. The Morgan fingerprint density at radius 1 is 1.15 bits per heavy atom. The molecule has 0 aliphatic carbocycles. The van der Waals surface area contributed by atoms with Crippen LogP contribution in [0.15, 0.2) is 47.6 Å². The number of aromatic nitrogens is 4. The molecular formula is C19H20ClN5OS. The first kappa shape index (κ1) is 19.4. The Labute approximate surface area is 167 Å². The smallest absolute Gasteiger partial charge is 0.233 e. The second-order valence-electron chi connectivity index (χ2n) is 6.31. The lowest BCUT2D eigenvalue weighted by Gasteiger charge is -2.17. The number of carbonyl (C=O) groups is 1. The fourth-order valence-corrected chi connectivity index (χ4v) is 3.43. The number of tetrazole rings is 1. The van der Waals surface area contributed by atoms with Gasteiger partial charge in [-0.25, -0.2) is 0 Å². The van der Waals surface area contributed by atoms with Gasteiger partial charge in [0.15, 0.2) is 0 Å². The summed E-state index contributed by atoms with van der Waals surface area (Å²) in [6, 6.07) is 13.5. The molecule has 0 aliphatic rings. The van der Waals surface area contributed by atoms with Crippen molar-refractivity contribution in [3.63, 3.8) is 0 Å². The van der Waals surface area contributed by atoms with Gasteiger partial charge in [0.1, 0.15) is 0 Å². The van der Waals surface area contributed by atoms with E-state index in [1.807, 2.05) is 49.4 Å². The van der Waals surface area contributed by atoms with Crippen LogP contribution in [-0.4, -0.2) is 43.8 Å². The van der Waals surface area contributed by atoms with E-state index < -0.39 is 0 Å². The number of aryl methyl sites for hydroxylation is 2. The first-order valence-corrected chi connectivity index (χ1v) is 9.77. The lowest BCUT2D eigenvalue weighted by Crippen LogP contribution is -2.27. The van der Waals surface area contributed by atoms with Gasteiger partial charge in [0.25, 0.3) is 0 Å². The Morgan fingerprint density at radius 3 is 2.59 bits per heavy atom. The number of hydrogen-bond acceptors (Lipinski definition) is 5. The van der Waals surface area contributed by atoms with E-state index in [0.717, 1.165) is 16.8 Å². The standard InChI is InChI=1S/C19H20ClN5OS/c1-13-4-9-17(10-14(13)2)25-19(21-22-23-25)27-12-18(26)24(3)11-15-5-7-16(20)8-6-15/h4-10H,11-12H2,1-3H3. The third-order valence-electron chi connectivity index (χ3n) is 4.26. The van der Waals surface area contributed by atoms with E-state index in [1.165, 1.54) is 17.3 Å². The van der Waals surface area contributed by atoms with Crippen LogP contribution in [0.2, 0.25) is 5.02 Å². The van der Waals surface area contributed by atoms with Crippen LogP contribution in [-0.2, 0) is 11.3 Å². The van der Waals surface area contributed by atoms with Gasteiger partial charge in [-0.3, -0.25) is 4.79 Å². The third kappa shape index (κ3) is 4.87. The summed E-state index contributed by atoms with van der Waals surface area (Å²) in [5.74, 6) is 0.263. The maximum absolute atomic E-state index is 12.5. The molecular weight excluding hydrogens is 382 g/mol. The highest BCUT2D eigenvalue weighted by atomic mass is 35.5. The van der Waals surface area contributed by atoms with Crippen molar-refractivity contribution < 1.29 is 4.79 Å². The molecule has 1 heterocycles. The molecule has 6 nitrogen and oxygen atoms in total. The van der Waals surface area contributed by atoms with Crippen molar-refractivity contribution in [1.82, 2.24) is 25.1 Å². The van der Waals surface area contributed by atoms with E-state index in [-0.39, 0.29) is 11.7 Å². The molecule has 8 heteroatoms. The lowest BCUT2D eigenvalue weighted by molar-refractivity contribution is -0.127. The van der Waals surface area contributed by atoms with Gasteiger partial charge in [-0.05, 0) is 65.2 Å². The van der Waals surface area contributed by atoms with Crippen molar-refractivity contribution in [2.75, 3.05) is 12.8 Å². The summed E-state index contributed by atoms with van der Waals surface area (Å²) >= 11 is 7.22. The average molecular weight is 402 g/mol. The van der Waals surface area contributed by atoms with Gasteiger partial charge in [0, 0.05) is 18.6 Å². The van der Waals surface area contributed by atoms with E-state index >= 15 is 0 Å². The van der Waals surface area contributed by atoms with E-state index in [2.05, 4.69) is 22.4 Å². The van der Waals surface area contributed by atoms with Gasteiger partial charge >= 0.3 is 0 Å². The minimum Gasteiger partial charge on any atom is -0.341 e. The zero-order valence-corrected chi connectivity index (χ0v) is 17.0. The molecule has 0 saturated heterocycles. The number of hydrogen-bond donors (Lipinski definition) is 0. The first-order valence-electron chi connectivity index (χ1n) is 8.41. The average Bonchev–Trinajstić information content (AvgIpc) is 3.12. The summed E-state index contributed by atoms with van der Waals surface area (Å²) in [6.45, 7) is 4.63. The van der Waals surface area contributed by atoms with Crippen LogP contribution in [0.3, 0.4) is 0 Å². The molecule has 140 valence electrons. The Balaban J connectivity index is 1.63. The summed E-state index contributed by atoms with van der Waals surface area (Å²) in [5.41, 5.74) is 4.28. The first-order chi connectivity index (χ1) is 12.9. The van der Waals surface area contributed by atoms with Crippen LogP contribution in [0.4, 0.5) is 0 Å². The van der Waals surface area contributed by atoms with Crippen LogP contribution in [0.1, 0.15) is 16.7 Å². The molecule has 3 rings (SSSR count). The zero-order chi connectivity index (χ0) is 19.4. The molecule has 0 radical (unpaired) electrons. The van der Waals surface area contributed by atoms with Crippen LogP contribution < -0.4 is 0 Å². The predicted octanol–water partition coefficient (Wildman–Crippen LogP) is 3.68. The topological polar surface area (TPSA) is 63.9 Å². The van der Waals surface area contributed by atoms with E-state index in [0.29, 0.717) is 16.7 Å². The molecule has 2 aromatic carbocycles. The van der Waals surface area contributed by atoms with Gasteiger partial charge in [-0.2, -0.15) is 4.68 Å². The summed E-state index contributed by atoms with van der Waals surface area (Å²) in [4.78, 5) is 14.1. The largest absolute Gasteiger partial charge is 0.341 e. The summed E-state index contributed by atoms with van der Waals surface area (Å²) in [5, 5.41) is 13.1. The highest BCUT2D eigenvalue weighted by Crippen LogP contribution is 2.20. The van der Waals surface area contributed by atoms with E-state index in [9.17, 15) is 4.79 Å². The van der Waals surface area contributed by atoms with E-state index in [1.54, 1.807) is 16.6 Å². The highest BCUT2D eigenvalue weighted by molar-refractivity contribution is 7.99. The number of nitrogens with zero attached hydrogens (tertiary/aromatic N) is 5. The molecule has 0 spiro atoms. The van der Waals surface area contributed by atoms with Gasteiger partial charge in [0.2, 0.25) is 11.1 Å². The molecule has 0 aliphatic heterocycles. The SMILES string of the molecule is Cc1ccc(-n2nnnc2SCC(=O)N(C)Cc2ccc(Cl)cc2)cc1C. The summed E-state index contributed by atoms with van der Waals surface area (Å²) < 4.78 is 1.66. The highest BCUT2D eigenvalue weighted by Gasteiger charge is 2.15. The molecule has 3 aromatic rings. The normalized spacial score (nSPS) is 10.8. The number of benzene rings is 2. The van der Waals surface area contributed by atoms with Crippen LogP contribution in [0, 0.1) is 13.8 Å². The quantitative estimate of drug-likeness (QED) is 0.589. The summed E-state index contributed by atoms with van der Waals surface area (Å²) in [7, 11) is 1.78. The molecule has 0 saturated carbocycles. The number of amides is 1. The fraction of sp³-hybridized carbons (Fsp3) is 0.263. The summed E-state index contributed by atoms with van der Waals surface area (Å²) in [6.07, 6.45) is 0. The number of carbonyl (C=O) groups excluding carboxylic acids is 1. The molecule has 0 atom stereocenters. The molecule has 1 aromatic heterocycles. The van der Waals surface area contributed by atoms with Gasteiger partial charge in [0.05, 0.1) is 11.4 Å². The van der Waals surface area contributed by atoms with Crippen molar-refractivity contribution in [3.8, 4) is 5.69 Å². The molecule has 0 bridgehead atoms. The minimum atomic E-state index is 0.00425. The van der Waals surface area contributed by atoms with Crippen molar-refractivity contribution in [3.05, 3.63) is 64.2 Å². The molecule has 27 heavy (non-hydrogen) atoms. The fourth-order valence-electron chi connectivity index (χ4n) is 2.48. The van der Waals surface area contributed by atoms with Crippen molar-refractivity contribution in [2.24, 2.45) is 0 Å². The number of halogens is 1. The Hall–Kier alpha value is -2.38. The zero-order valence-electron chi connectivity index (χ0n) is 15.4. The third-order valence-corrected chi connectivity index (χ3v) is 5.42. The van der Waals surface area contributed by atoms with E-state index in [4.69, 9.17) is 11.6 Å². The van der Waals surface area contributed by atoms with Crippen molar-refractivity contribution in [2.45, 2.75) is 25.5 Å².